The quantitative estimate of drug-likeness (QED) is 0.858. The molecule has 0 aliphatic carbocycles. The fraction of sp³-hybridized carbons (Fsp3) is 0.417. The third kappa shape index (κ3) is 2.71. The van der Waals surface area contributed by atoms with Crippen LogP contribution in [0.5, 0.6) is 0 Å². The van der Waals surface area contributed by atoms with Gasteiger partial charge in [-0.1, -0.05) is 0 Å². The number of ether oxygens (including phenoxy) is 2. The molecule has 1 N–H and O–H groups in total. The summed E-state index contributed by atoms with van der Waals surface area (Å²) in [6, 6.07) is 3.02. The second-order valence-corrected chi connectivity index (χ2v) is 4.50. The zero-order chi connectivity index (χ0) is 13.1. The predicted molar refractivity (Wildman–Crippen MR) is 69.7 cm³/mol. The first kappa shape index (κ1) is 13.5. The van der Waals surface area contributed by atoms with Crippen LogP contribution in [0.3, 0.4) is 0 Å². The Hall–Kier alpha value is -0.980. The molecule has 0 aliphatic heterocycles. The lowest BCUT2D eigenvalue weighted by Crippen LogP contribution is -2.10. The van der Waals surface area contributed by atoms with Crippen molar-refractivity contribution >= 4 is 27.0 Å². The maximum absolute atomic E-state index is 13.4. The highest BCUT2D eigenvalue weighted by atomic mass is 79.9. The number of nitrogens with one attached hydrogen (secondary N) is 1. The highest BCUT2D eigenvalue weighted by Gasteiger charge is 2.16. The van der Waals surface area contributed by atoms with Crippen molar-refractivity contribution in [1.82, 2.24) is 9.97 Å². The van der Waals surface area contributed by atoms with Gasteiger partial charge in [0.1, 0.15) is 5.82 Å². The topological polar surface area (TPSA) is 47.1 Å². The summed E-state index contributed by atoms with van der Waals surface area (Å²) in [6.45, 7) is 4.79. The number of nitrogens with zero attached hydrogens (tertiary/aromatic N) is 1. The molecule has 1 aromatic heterocycles. The van der Waals surface area contributed by atoms with Crippen LogP contribution in [0.2, 0.25) is 0 Å². The molecule has 2 aromatic rings. The van der Waals surface area contributed by atoms with E-state index >= 15 is 0 Å². The Morgan fingerprint density at radius 2 is 2.00 bits per heavy atom. The SMILES string of the molecule is CCOC(OCC)c1nc2cc(Br)c(F)cc2[nH]1. The van der Waals surface area contributed by atoms with Gasteiger partial charge in [0, 0.05) is 19.3 Å². The van der Waals surface area contributed by atoms with Gasteiger partial charge in [-0.25, -0.2) is 9.37 Å². The Kier molecular flexibility index (Phi) is 4.31. The minimum atomic E-state index is -0.547. The molecule has 1 heterocycles. The largest absolute Gasteiger partial charge is 0.346 e. The molecule has 0 amide bonds. The van der Waals surface area contributed by atoms with Crippen LogP contribution >= 0.6 is 15.9 Å². The molecule has 98 valence electrons. The molecule has 2 rings (SSSR count). The number of hydrogen-bond acceptors (Lipinski definition) is 3. The van der Waals surface area contributed by atoms with Gasteiger partial charge in [-0.3, -0.25) is 0 Å². The predicted octanol–water partition coefficient (Wildman–Crippen LogP) is 3.54. The van der Waals surface area contributed by atoms with Crippen LogP contribution in [-0.4, -0.2) is 23.2 Å². The van der Waals surface area contributed by atoms with Crippen molar-refractivity contribution < 1.29 is 13.9 Å². The Morgan fingerprint density at radius 3 is 2.61 bits per heavy atom. The van der Waals surface area contributed by atoms with E-state index in [1.807, 2.05) is 13.8 Å². The van der Waals surface area contributed by atoms with E-state index in [1.54, 1.807) is 6.07 Å². The highest BCUT2D eigenvalue weighted by molar-refractivity contribution is 9.10. The van der Waals surface area contributed by atoms with E-state index in [-0.39, 0.29) is 5.82 Å². The second kappa shape index (κ2) is 5.77. The molecule has 0 saturated heterocycles. The van der Waals surface area contributed by atoms with Crippen molar-refractivity contribution in [3.8, 4) is 0 Å². The molecular weight excluding hydrogens is 303 g/mol. The van der Waals surface area contributed by atoms with Crippen LogP contribution in [0.1, 0.15) is 26.0 Å². The van der Waals surface area contributed by atoms with Crippen LogP contribution in [0, 0.1) is 5.82 Å². The van der Waals surface area contributed by atoms with E-state index in [4.69, 9.17) is 9.47 Å². The molecule has 18 heavy (non-hydrogen) atoms. The maximum Gasteiger partial charge on any atom is 0.217 e. The van der Waals surface area contributed by atoms with Gasteiger partial charge in [-0.2, -0.15) is 0 Å². The standard InChI is InChI=1S/C12H14BrFN2O2/c1-3-17-12(18-4-2)11-15-9-5-7(13)8(14)6-10(9)16-11/h5-6,12H,3-4H2,1-2H3,(H,15,16). The molecule has 4 nitrogen and oxygen atoms in total. The third-order valence-corrected chi connectivity index (χ3v) is 3.01. The maximum atomic E-state index is 13.4. The van der Waals surface area contributed by atoms with Crippen LogP contribution < -0.4 is 0 Å². The van der Waals surface area contributed by atoms with Crippen LogP contribution in [0.25, 0.3) is 11.0 Å². The summed E-state index contributed by atoms with van der Waals surface area (Å²) in [7, 11) is 0. The van der Waals surface area contributed by atoms with Crippen molar-refractivity contribution in [3.63, 3.8) is 0 Å². The molecule has 0 fully saturated rings. The Morgan fingerprint density at radius 1 is 1.33 bits per heavy atom. The van der Waals surface area contributed by atoms with E-state index in [2.05, 4.69) is 25.9 Å². The lowest BCUT2D eigenvalue weighted by atomic mass is 10.3. The minimum absolute atomic E-state index is 0.331. The molecule has 0 aliphatic rings. The summed E-state index contributed by atoms with van der Waals surface area (Å²) < 4.78 is 24.7. The van der Waals surface area contributed by atoms with Gasteiger partial charge in [0.25, 0.3) is 0 Å². The molecular formula is C12H14BrFN2O2. The monoisotopic (exact) mass is 316 g/mol. The van der Waals surface area contributed by atoms with Crippen molar-refractivity contribution in [3.05, 3.63) is 28.2 Å². The van der Waals surface area contributed by atoms with Crippen LogP contribution in [0.4, 0.5) is 4.39 Å². The normalized spacial score (nSPS) is 11.6. The highest BCUT2D eigenvalue weighted by Crippen LogP contribution is 2.24. The number of rotatable bonds is 5. The molecule has 6 heteroatoms. The number of aromatic amines is 1. The van der Waals surface area contributed by atoms with Crippen molar-refractivity contribution in [1.29, 1.82) is 0 Å². The number of fused-ring (bicyclic) bond motifs is 1. The van der Waals surface area contributed by atoms with E-state index in [0.29, 0.717) is 34.5 Å². The Bertz CT molecular complexity index is 499. The first-order chi connectivity index (χ1) is 8.65. The fourth-order valence-electron chi connectivity index (χ4n) is 1.65. The number of aromatic nitrogens is 2. The molecule has 0 saturated carbocycles. The van der Waals surface area contributed by atoms with Crippen LogP contribution in [0.15, 0.2) is 16.6 Å². The number of benzene rings is 1. The average molecular weight is 317 g/mol. The molecule has 0 radical (unpaired) electrons. The van der Waals surface area contributed by atoms with E-state index in [0.717, 1.165) is 0 Å². The number of H-pyrrole nitrogens is 1. The summed E-state index contributed by atoms with van der Waals surface area (Å²) in [6.07, 6.45) is -0.547. The van der Waals surface area contributed by atoms with Gasteiger partial charge < -0.3 is 14.5 Å². The van der Waals surface area contributed by atoms with E-state index in [1.165, 1.54) is 6.07 Å². The van der Waals surface area contributed by atoms with Crippen molar-refractivity contribution in [2.24, 2.45) is 0 Å². The van der Waals surface area contributed by atoms with E-state index in [9.17, 15) is 4.39 Å². The molecule has 1 aromatic carbocycles. The first-order valence-corrected chi connectivity index (χ1v) is 6.52. The zero-order valence-electron chi connectivity index (χ0n) is 10.2. The molecule has 0 spiro atoms. The van der Waals surface area contributed by atoms with Crippen molar-refractivity contribution in [2.45, 2.75) is 20.1 Å². The van der Waals surface area contributed by atoms with E-state index < -0.39 is 6.29 Å². The Labute approximate surface area is 113 Å². The Balaban J connectivity index is 2.38. The lowest BCUT2D eigenvalue weighted by Gasteiger charge is -2.13. The zero-order valence-corrected chi connectivity index (χ0v) is 11.8. The molecule has 0 bridgehead atoms. The molecule has 0 unspecified atom stereocenters. The van der Waals surface area contributed by atoms with Gasteiger partial charge in [0.2, 0.25) is 6.29 Å². The van der Waals surface area contributed by atoms with Gasteiger partial charge in [-0.15, -0.1) is 0 Å². The smallest absolute Gasteiger partial charge is 0.217 e. The summed E-state index contributed by atoms with van der Waals surface area (Å²) in [4.78, 5) is 7.36. The van der Waals surface area contributed by atoms with Gasteiger partial charge >= 0.3 is 0 Å². The second-order valence-electron chi connectivity index (χ2n) is 3.65. The summed E-state index contributed by atoms with van der Waals surface area (Å²) >= 11 is 3.13. The molecule has 0 atom stereocenters. The van der Waals surface area contributed by atoms with Gasteiger partial charge in [0.15, 0.2) is 5.82 Å². The fourth-order valence-corrected chi connectivity index (χ4v) is 1.98. The lowest BCUT2D eigenvalue weighted by molar-refractivity contribution is -0.144. The van der Waals surface area contributed by atoms with Crippen molar-refractivity contribution in [2.75, 3.05) is 13.2 Å². The average Bonchev–Trinajstić information content (AvgIpc) is 2.72. The minimum Gasteiger partial charge on any atom is -0.346 e. The number of imidazole rings is 1. The number of halogens is 2. The third-order valence-electron chi connectivity index (χ3n) is 2.40. The summed E-state index contributed by atoms with van der Waals surface area (Å²) in [5, 5.41) is 0. The van der Waals surface area contributed by atoms with Gasteiger partial charge in [0.05, 0.1) is 15.5 Å². The van der Waals surface area contributed by atoms with Gasteiger partial charge in [-0.05, 0) is 35.8 Å². The number of hydrogen-bond donors (Lipinski definition) is 1. The summed E-state index contributed by atoms with van der Waals surface area (Å²) in [5.74, 6) is 0.216. The summed E-state index contributed by atoms with van der Waals surface area (Å²) in [5.41, 5.74) is 1.29. The van der Waals surface area contributed by atoms with Crippen LogP contribution in [-0.2, 0) is 9.47 Å². The first-order valence-electron chi connectivity index (χ1n) is 5.73.